The number of ketones is 1. The maximum absolute atomic E-state index is 14.0. The normalized spacial score (nSPS) is 13.6. The molecule has 1 aromatic heterocycles. The first kappa shape index (κ1) is 27.4. The van der Waals surface area contributed by atoms with Crippen molar-refractivity contribution in [2.45, 2.75) is 37.8 Å². The Bertz CT molecular complexity index is 1590. The van der Waals surface area contributed by atoms with E-state index in [9.17, 15) is 31.1 Å². The van der Waals surface area contributed by atoms with E-state index >= 15 is 0 Å². The van der Waals surface area contributed by atoms with E-state index in [0.717, 1.165) is 35.9 Å². The van der Waals surface area contributed by atoms with Gasteiger partial charge in [-0.25, -0.2) is 13.2 Å². The van der Waals surface area contributed by atoms with Crippen molar-refractivity contribution in [3.8, 4) is 11.1 Å². The van der Waals surface area contributed by atoms with Crippen molar-refractivity contribution in [3.05, 3.63) is 130 Å². The van der Waals surface area contributed by atoms with Crippen LogP contribution in [0.1, 0.15) is 46.7 Å². The lowest BCUT2D eigenvalue weighted by atomic mass is 9.85. The molecule has 0 amide bonds. The van der Waals surface area contributed by atoms with Crippen molar-refractivity contribution in [1.29, 1.82) is 0 Å². The van der Waals surface area contributed by atoms with Crippen LogP contribution in [-0.2, 0) is 23.8 Å². The number of carbonyl (C=O) groups excluding carboxylic acids is 1. The number of carbonyl (C=O) groups is 1. The van der Waals surface area contributed by atoms with Gasteiger partial charge in [-0.1, -0.05) is 30.3 Å². The minimum absolute atomic E-state index is 0.0101. The summed E-state index contributed by atoms with van der Waals surface area (Å²) in [7, 11) is 0. The van der Waals surface area contributed by atoms with Gasteiger partial charge in [0.25, 0.3) is 0 Å². The highest BCUT2D eigenvalue weighted by Gasteiger charge is 2.31. The maximum atomic E-state index is 14.0. The largest absolute Gasteiger partial charge is 0.416 e. The Labute approximate surface area is 227 Å². The topological polar surface area (TPSA) is 30.0 Å². The summed E-state index contributed by atoms with van der Waals surface area (Å²) in [4.78, 5) is 17.8. The van der Waals surface area contributed by atoms with E-state index in [1.165, 1.54) is 30.5 Å². The number of benzene rings is 3. The maximum Gasteiger partial charge on any atom is 0.416 e. The molecule has 0 saturated carbocycles. The average Bonchev–Trinajstić information content (AvgIpc) is 3.28. The lowest BCUT2D eigenvalue weighted by Crippen LogP contribution is -2.13. The van der Waals surface area contributed by atoms with Gasteiger partial charge in [-0.05, 0) is 83.1 Å². The molecule has 1 aliphatic rings. The number of alkyl halides is 3. The van der Waals surface area contributed by atoms with Crippen LogP contribution < -0.4 is 0 Å². The van der Waals surface area contributed by atoms with E-state index in [-0.39, 0.29) is 36.2 Å². The second-order valence-electron chi connectivity index (χ2n) is 9.85. The van der Waals surface area contributed by atoms with Gasteiger partial charge in [-0.2, -0.15) is 13.2 Å². The number of hydrogen-bond donors (Lipinski definition) is 0. The minimum Gasteiger partial charge on any atom is -0.299 e. The summed E-state index contributed by atoms with van der Waals surface area (Å²) in [6.45, 7) is 0. The van der Waals surface area contributed by atoms with Gasteiger partial charge in [0.05, 0.1) is 11.3 Å². The van der Waals surface area contributed by atoms with Crippen molar-refractivity contribution >= 4 is 11.4 Å². The molecule has 0 bridgehead atoms. The standard InChI is InChI=1S/C32H23F6NO/c33-25-9-8-20-6-7-22(30(20)18-25)15-28(40)16-23(11-19-12-26(34)17-27(35)13-19)31-29(5-2-10-39-31)21-3-1-4-24(14-21)32(36,37)38/h1-5,7-10,12-14,17-18,23H,6,11,15-16H2/t23-/m1/s1. The highest BCUT2D eigenvalue weighted by Crippen LogP contribution is 2.37. The summed E-state index contributed by atoms with van der Waals surface area (Å²) >= 11 is 0. The molecule has 0 aliphatic heterocycles. The van der Waals surface area contributed by atoms with Crippen LogP contribution in [0, 0.1) is 17.5 Å². The molecular weight excluding hydrogens is 528 g/mol. The number of halogens is 6. The zero-order valence-corrected chi connectivity index (χ0v) is 21.1. The molecule has 0 spiro atoms. The fraction of sp³-hybridized carbons (Fsp3) is 0.188. The molecule has 1 aliphatic carbocycles. The number of allylic oxidation sites excluding steroid dienone is 2. The first-order chi connectivity index (χ1) is 19.1. The summed E-state index contributed by atoms with van der Waals surface area (Å²) in [5.74, 6) is -2.90. The lowest BCUT2D eigenvalue weighted by molar-refractivity contribution is -0.137. The Morgan fingerprint density at radius 3 is 2.38 bits per heavy atom. The molecule has 0 saturated heterocycles. The molecule has 3 aromatic carbocycles. The SMILES string of the molecule is O=C(CC1=CCc2ccc(F)cc21)C[C@@H](Cc1cc(F)cc(F)c1)c1ncccc1-c1cccc(C(F)(F)F)c1. The molecule has 2 nitrogen and oxygen atoms in total. The van der Waals surface area contributed by atoms with Crippen molar-refractivity contribution in [2.24, 2.45) is 0 Å². The van der Waals surface area contributed by atoms with Crippen molar-refractivity contribution in [2.75, 3.05) is 0 Å². The van der Waals surface area contributed by atoms with Crippen LogP contribution in [0.15, 0.2) is 85.1 Å². The number of nitrogens with zero attached hydrogens (tertiary/aromatic N) is 1. The highest BCUT2D eigenvalue weighted by molar-refractivity contribution is 5.92. The molecule has 4 aromatic rings. The summed E-state index contributed by atoms with van der Waals surface area (Å²) in [5, 5.41) is 0. The van der Waals surface area contributed by atoms with Gasteiger partial charge in [0, 0.05) is 36.6 Å². The Morgan fingerprint density at radius 1 is 0.850 bits per heavy atom. The van der Waals surface area contributed by atoms with Crippen molar-refractivity contribution < 1.29 is 31.1 Å². The number of aromatic nitrogens is 1. The highest BCUT2D eigenvalue weighted by atomic mass is 19.4. The van der Waals surface area contributed by atoms with Crippen molar-refractivity contribution in [1.82, 2.24) is 4.98 Å². The first-order valence-corrected chi connectivity index (χ1v) is 12.6. The summed E-state index contributed by atoms with van der Waals surface area (Å²) < 4.78 is 82.2. The molecule has 5 rings (SSSR count). The summed E-state index contributed by atoms with van der Waals surface area (Å²) in [6.07, 6.45) is -0.711. The Morgan fingerprint density at radius 2 is 1.62 bits per heavy atom. The first-order valence-electron chi connectivity index (χ1n) is 12.6. The number of fused-ring (bicyclic) bond motifs is 1. The van der Waals surface area contributed by atoms with E-state index in [1.807, 2.05) is 6.08 Å². The van der Waals surface area contributed by atoms with Gasteiger partial charge >= 0.3 is 6.18 Å². The van der Waals surface area contributed by atoms with E-state index in [2.05, 4.69) is 4.98 Å². The third-order valence-electron chi connectivity index (χ3n) is 6.98. The summed E-state index contributed by atoms with van der Waals surface area (Å²) in [6, 6.07) is 15.5. The lowest BCUT2D eigenvalue weighted by Gasteiger charge is -2.20. The minimum atomic E-state index is -4.56. The van der Waals surface area contributed by atoms with Crippen LogP contribution in [0.3, 0.4) is 0 Å². The van der Waals surface area contributed by atoms with Crippen LogP contribution in [0.4, 0.5) is 26.3 Å². The molecular formula is C32H23F6NO. The Balaban J connectivity index is 1.50. The fourth-order valence-electron chi connectivity index (χ4n) is 5.22. The third kappa shape index (κ3) is 6.17. The molecule has 204 valence electrons. The van der Waals surface area contributed by atoms with Gasteiger partial charge in [-0.15, -0.1) is 0 Å². The molecule has 40 heavy (non-hydrogen) atoms. The second kappa shape index (κ2) is 11.1. The molecule has 0 radical (unpaired) electrons. The predicted molar refractivity (Wildman–Crippen MR) is 140 cm³/mol. The molecule has 0 N–H and O–H groups in total. The number of hydrogen-bond acceptors (Lipinski definition) is 2. The van der Waals surface area contributed by atoms with Crippen molar-refractivity contribution in [3.63, 3.8) is 0 Å². The summed E-state index contributed by atoms with van der Waals surface area (Å²) in [5.41, 5.74) is 2.69. The molecule has 1 heterocycles. The molecule has 0 unspecified atom stereocenters. The zero-order valence-electron chi connectivity index (χ0n) is 21.1. The van der Waals surface area contributed by atoms with Gasteiger partial charge < -0.3 is 0 Å². The number of rotatable bonds is 8. The molecule has 0 fully saturated rings. The Kier molecular flexibility index (Phi) is 7.61. The third-order valence-corrected chi connectivity index (χ3v) is 6.98. The zero-order chi connectivity index (χ0) is 28.4. The van der Waals surface area contributed by atoms with Crippen LogP contribution in [0.5, 0.6) is 0 Å². The average molecular weight is 552 g/mol. The Hall–Kier alpha value is -4.20. The fourth-order valence-corrected chi connectivity index (χ4v) is 5.22. The van der Waals surface area contributed by atoms with E-state index in [0.29, 0.717) is 28.8 Å². The van der Waals surface area contributed by atoms with Crippen LogP contribution in [0.25, 0.3) is 16.7 Å². The van der Waals surface area contributed by atoms with E-state index < -0.39 is 35.1 Å². The second-order valence-corrected chi connectivity index (χ2v) is 9.85. The number of pyridine rings is 1. The smallest absolute Gasteiger partial charge is 0.299 e. The van der Waals surface area contributed by atoms with Crippen LogP contribution in [-0.4, -0.2) is 10.8 Å². The van der Waals surface area contributed by atoms with E-state index in [4.69, 9.17) is 0 Å². The van der Waals surface area contributed by atoms with Gasteiger partial charge in [0.1, 0.15) is 23.2 Å². The van der Waals surface area contributed by atoms with Gasteiger partial charge in [-0.3, -0.25) is 9.78 Å². The number of Topliss-reactive ketones (excluding diaryl/α,β-unsaturated/α-hetero) is 1. The van der Waals surface area contributed by atoms with Gasteiger partial charge in [0.15, 0.2) is 0 Å². The molecule has 1 atom stereocenters. The monoisotopic (exact) mass is 551 g/mol. The van der Waals surface area contributed by atoms with Gasteiger partial charge in [0.2, 0.25) is 0 Å². The van der Waals surface area contributed by atoms with Crippen LogP contribution >= 0.6 is 0 Å². The van der Waals surface area contributed by atoms with Crippen LogP contribution in [0.2, 0.25) is 0 Å². The molecule has 8 heteroatoms. The predicted octanol–water partition coefficient (Wildman–Crippen LogP) is 8.50. The van der Waals surface area contributed by atoms with E-state index in [1.54, 1.807) is 18.2 Å². The quantitative estimate of drug-likeness (QED) is 0.206.